The zero-order chi connectivity index (χ0) is 13.5. The molecule has 0 aliphatic heterocycles. The van der Waals surface area contributed by atoms with Gasteiger partial charge in [0.2, 0.25) is 0 Å². The fraction of sp³-hybridized carbons (Fsp3) is 0.500. The lowest BCUT2D eigenvalue weighted by Crippen LogP contribution is -2.24. The molecule has 0 saturated carbocycles. The van der Waals surface area contributed by atoms with E-state index in [0.717, 1.165) is 19.2 Å². The van der Waals surface area contributed by atoms with Gasteiger partial charge in [-0.05, 0) is 12.6 Å². The molecule has 1 aromatic carbocycles. The summed E-state index contributed by atoms with van der Waals surface area (Å²) in [5.41, 5.74) is -0.277. The predicted molar refractivity (Wildman–Crippen MR) is 66.3 cm³/mol. The zero-order valence-corrected chi connectivity index (χ0v) is 10.5. The van der Waals surface area contributed by atoms with Crippen molar-refractivity contribution in [2.45, 2.75) is 13.8 Å². The lowest BCUT2D eigenvalue weighted by molar-refractivity contribution is -0.385. The minimum atomic E-state index is -0.708. The molecular formula is C12H17FN2O3. The molecule has 0 fully saturated rings. The van der Waals surface area contributed by atoms with Crippen molar-refractivity contribution in [2.24, 2.45) is 5.92 Å². The summed E-state index contributed by atoms with van der Waals surface area (Å²) in [5, 5.41) is 13.6. The number of rotatable bonds is 7. The van der Waals surface area contributed by atoms with Crippen molar-refractivity contribution >= 4 is 5.69 Å². The van der Waals surface area contributed by atoms with Gasteiger partial charge >= 0.3 is 0 Å². The van der Waals surface area contributed by atoms with Gasteiger partial charge in [0.15, 0.2) is 11.6 Å². The first-order valence-corrected chi connectivity index (χ1v) is 5.82. The Balaban J connectivity index is 2.55. The highest BCUT2D eigenvalue weighted by molar-refractivity contribution is 5.37. The fourth-order valence-corrected chi connectivity index (χ4v) is 1.40. The fourth-order valence-electron chi connectivity index (χ4n) is 1.40. The first kappa shape index (κ1) is 14.4. The van der Waals surface area contributed by atoms with E-state index in [1.54, 1.807) is 0 Å². The van der Waals surface area contributed by atoms with E-state index in [4.69, 9.17) is 4.74 Å². The molecule has 0 bridgehead atoms. The van der Waals surface area contributed by atoms with Crippen LogP contribution in [-0.2, 0) is 0 Å². The molecule has 0 heterocycles. The molecular weight excluding hydrogens is 239 g/mol. The Labute approximate surface area is 105 Å². The minimum absolute atomic E-state index is 0.0453. The topological polar surface area (TPSA) is 64.4 Å². The third kappa shape index (κ3) is 4.29. The van der Waals surface area contributed by atoms with Crippen molar-refractivity contribution in [3.63, 3.8) is 0 Å². The number of halogens is 1. The van der Waals surface area contributed by atoms with E-state index in [9.17, 15) is 14.5 Å². The molecule has 1 atom stereocenters. The molecule has 0 aliphatic rings. The van der Waals surface area contributed by atoms with Crippen LogP contribution in [-0.4, -0.2) is 24.6 Å². The number of benzene rings is 1. The Bertz CT molecular complexity index is 412. The summed E-state index contributed by atoms with van der Waals surface area (Å²) in [6.07, 6.45) is 0. The van der Waals surface area contributed by atoms with Crippen molar-refractivity contribution < 1.29 is 14.1 Å². The van der Waals surface area contributed by atoms with Gasteiger partial charge in [0.05, 0.1) is 17.6 Å². The van der Waals surface area contributed by atoms with Crippen LogP contribution in [0.3, 0.4) is 0 Å². The number of non-ortho nitro benzene ring substituents is 1. The Morgan fingerprint density at radius 1 is 1.56 bits per heavy atom. The monoisotopic (exact) mass is 256 g/mol. The second kappa shape index (κ2) is 6.90. The maximum Gasteiger partial charge on any atom is 0.272 e. The number of hydrogen-bond acceptors (Lipinski definition) is 4. The summed E-state index contributed by atoms with van der Waals surface area (Å²) >= 11 is 0. The van der Waals surface area contributed by atoms with Crippen LogP contribution in [0.1, 0.15) is 13.8 Å². The van der Waals surface area contributed by atoms with E-state index in [-0.39, 0.29) is 17.4 Å². The average Bonchev–Trinajstić information content (AvgIpc) is 2.34. The molecule has 1 unspecified atom stereocenters. The molecule has 1 aromatic rings. The van der Waals surface area contributed by atoms with E-state index in [1.165, 1.54) is 12.1 Å². The highest BCUT2D eigenvalue weighted by Gasteiger charge is 2.12. The van der Waals surface area contributed by atoms with Crippen LogP contribution >= 0.6 is 0 Å². The highest BCUT2D eigenvalue weighted by Crippen LogP contribution is 2.22. The van der Waals surface area contributed by atoms with Crippen molar-refractivity contribution in [1.29, 1.82) is 0 Å². The first-order valence-electron chi connectivity index (χ1n) is 5.82. The number of ether oxygens (including phenoxy) is 1. The number of hydrogen-bond donors (Lipinski definition) is 1. The summed E-state index contributed by atoms with van der Waals surface area (Å²) in [6, 6.07) is 3.38. The Hall–Kier alpha value is -1.69. The number of nitrogens with zero attached hydrogens (tertiary/aromatic N) is 1. The normalized spacial score (nSPS) is 12.2. The smallest absolute Gasteiger partial charge is 0.272 e. The van der Waals surface area contributed by atoms with E-state index >= 15 is 0 Å². The van der Waals surface area contributed by atoms with Gasteiger partial charge in [0, 0.05) is 18.5 Å². The van der Waals surface area contributed by atoms with Gasteiger partial charge in [0.1, 0.15) is 0 Å². The number of nitro groups is 1. The molecule has 18 heavy (non-hydrogen) atoms. The van der Waals surface area contributed by atoms with Gasteiger partial charge in [-0.3, -0.25) is 10.1 Å². The molecule has 0 aliphatic carbocycles. The van der Waals surface area contributed by atoms with Crippen LogP contribution in [0.2, 0.25) is 0 Å². The Morgan fingerprint density at radius 3 is 2.83 bits per heavy atom. The molecule has 1 rings (SSSR count). The van der Waals surface area contributed by atoms with Crippen LogP contribution in [0.5, 0.6) is 5.75 Å². The van der Waals surface area contributed by atoms with Gasteiger partial charge < -0.3 is 10.1 Å². The SMILES string of the molecule is CCNCC(C)COc1ccc([N+](=O)[O-])cc1F. The van der Waals surface area contributed by atoms with Crippen LogP contribution in [0, 0.1) is 21.8 Å². The summed E-state index contributed by atoms with van der Waals surface area (Å²) < 4.78 is 18.8. The molecule has 0 amide bonds. The van der Waals surface area contributed by atoms with Crippen molar-refractivity contribution in [2.75, 3.05) is 19.7 Å². The largest absolute Gasteiger partial charge is 0.490 e. The molecule has 100 valence electrons. The second-order valence-corrected chi connectivity index (χ2v) is 4.10. The molecule has 6 heteroatoms. The van der Waals surface area contributed by atoms with E-state index < -0.39 is 10.7 Å². The minimum Gasteiger partial charge on any atom is -0.490 e. The Kier molecular flexibility index (Phi) is 5.51. The molecule has 0 radical (unpaired) electrons. The van der Waals surface area contributed by atoms with E-state index in [2.05, 4.69) is 5.32 Å². The lowest BCUT2D eigenvalue weighted by atomic mass is 10.2. The first-order chi connectivity index (χ1) is 8.54. The quantitative estimate of drug-likeness (QED) is 0.601. The highest BCUT2D eigenvalue weighted by atomic mass is 19.1. The molecule has 5 nitrogen and oxygen atoms in total. The molecule has 0 aromatic heterocycles. The predicted octanol–water partition coefficient (Wildman–Crippen LogP) is 2.36. The second-order valence-electron chi connectivity index (χ2n) is 4.10. The van der Waals surface area contributed by atoms with Gasteiger partial charge in [-0.15, -0.1) is 0 Å². The number of nitrogens with one attached hydrogen (secondary N) is 1. The molecule has 1 N–H and O–H groups in total. The van der Waals surface area contributed by atoms with Gasteiger partial charge in [0.25, 0.3) is 5.69 Å². The standard InChI is InChI=1S/C12H17FN2O3/c1-3-14-7-9(2)8-18-12-5-4-10(15(16)17)6-11(12)13/h4-6,9,14H,3,7-8H2,1-2H3. The van der Waals surface area contributed by atoms with Gasteiger partial charge in [-0.1, -0.05) is 13.8 Å². The third-order valence-electron chi connectivity index (χ3n) is 2.39. The number of nitro benzene ring substituents is 1. The summed E-state index contributed by atoms with van der Waals surface area (Å²) in [5.74, 6) is -0.427. The summed E-state index contributed by atoms with van der Waals surface area (Å²) in [6.45, 7) is 6.00. The van der Waals surface area contributed by atoms with Gasteiger partial charge in [-0.25, -0.2) is 4.39 Å². The van der Waals surface area contributed by atoms with Crippen molar-refractivity contribution in [3.8, 4) is 5.75 Å². The van der Waals surface area contributed by atoms with Crippen LogP contribution < -0.4 is 10.1 Å². The van der Waals surface area contributed by atoms with Gasteiger partial charge in [-0.2, -0.15) is 0 Å². The van der Waals surface area contributed by atoms with E-state index in [0.29, 0.717) is 6.61 Å². The van der Waals surface area contributed by atoms with Crippen molar-refractivity contribution in [1.82, 2.24) is 5.32 Å². The molecule has 0 saturated heterocycles. The van der Waals surface area contributed by atoms with Crippen LogP contribution in [0.4, 0.5) is 10.1 Å². The lowest BCUT2D eigenvalue weighted by Gasteiger charge is -2.13. The summed E-state index contributed by atoms with van der Waals surface area (Å²) in [4.78, 5) is 9.80. The zero-order valence-electron chi connectivity index (χ0n) is 10.5. The molecule has 0 spiro atoms. The Morgan fingerprint density at radius 2 is 2.28 bits per heavy atom. The average molecular weight is 256 g/mol. The maximum absolute atomic E-state index is 13.5. The maximum atomic E-state index is 13.5. The van der Waals surface area contributed by atoms with Crippen LogP contribution in [0.15, 0.2) is 18.2 Å². The van der Waals surface area contributed by atoms with E-state index in [1.807, 2.05) is 13.8 Å². The summed E-state index contributed by atoms with van der Waals surface area (Å²) in [7, 11) is 0. The third-order valence-corrected chi connectivity index (χ3v) is 2.39. The van der Waals surface area contributed by atoms with Crippen molar-refractivity contribution in [3.05, 3.63) is 34.1 Å². The van der Waals surface area contributed by atoms with Crippen LogP contribution in [0.25, 0.3) is 0 Å².